The molecule has 3 aromatic heterocycles. The molecule has 0 radical (unpaired) electrons. The number of hydrogen-bond donors (Lipinski definition) is 2. The Balaban J connectivity index is 0.636. The Morgan fingerprint density at radius 3 is 2.54 bits per heavy atom. The van der Waals surface area contributed by atoms with Gasteiger partial charge in [-0.15, -0.1) is 6.42 Å². The fourth-order valence-corrected chi connectivity index (χ4v) is 14.5. The number of halogens is 2. The number of imidazole rings is 1. The molecule has 16 nitrogen and oxygen atoms in total. The number of carbonyl (C=O) groups is 3. The first-order chi connectivity index (χ1) is 36.9. The van der Waals surface area contributed by atoms with Crippen LogP contribution in [0, 0.1) is 35.3 Å². The van der Waals surface area contributed by atoms with E-state index >= 15 is 8.78 Å². The number of benzene rings is 3. The third-order valence-corrected chi connectivity index (χ3v) is 18.5. The molecule has 2 bridgehead atoms. The zero-order valence-corrected chi connectivity index (χ0v) is 42.8. The van der Waals surface area contributed by atoms with Crippen LogP contribution in [0.25, 0.3) is 44.0 Å². The first-order valence-electron chi connectivity index (χ1n) is 27.3. The molecular formula is C58H62F2N10O6. The molecule has 3 aromatic carbocycles. The molecule has 1 aliphatic carbocycles. The minimum Gasteiger partial charge on any atom is -0.461 e. The molecule has 1 spiro atoms. The minimum absolute atomic E-state index is 0.0175. The van der Waals surface area contributed by atoms with Crippen molar-refractivity contribution in [3.05, 3.63) is 88.0 Å². The highest BCUT2D eigenvalue weighted by Gasteiger charge is 2.51. The molecule has 76 heavy (non-hydrogen) atoms. The standard InChI is InChI=1S/C58H62F2N10O6/c1-3-40-43(59)14-11-36-6-4-7-41(48(36)40)50-49(60)51-42(29-61-50)52(68-30-37-12-13-38(31-68)62-37)65-54(64-51)76-33-58-19-5-23-69(58)39(18-20-58)32-75-56(74)67-24-21-57(22-25-67)27-35(28-57)9-8-34-10-15-44-46(26-34)66(2)55(73)70(44)45-16-17-47(71)63-53(45)72/h1,4,6-7,10-11,14-15,26,29,35,37-39,45,62H,5,8-9,12-13,16-25,27-28,30-33H2,2H3,(H,63,71,72)/t37?,38?,39-,45?,58-/m0/s1. The van der Waals surface area contributed by atoms with Crippen LogP contribution in [0.4, 0.5) is 19.4 Å². The first-order valence-corrected chi connectivity index (χ1v) is 27.3. The molecule has 1 saturated carbocycles. The van der Waals surface area contributed by atoms with Gasteiger partial charge in [0.15, 0.2) is 5.82 Å². The highest BCUT2D eigenvalue weighted by atomic mass is 19.1. The van der Waals surface area contributed by atoms with E-state index in [0.717, 1.165) is 94.7 Å². The Morgan fingerprint density at radius 1 is 0.934 bits per heavy atom. The molecular weight excluding hydrogens is 971 g/mol. The predicted octanol–water partition coefficient (Wildman–Crippen LogP) is 7.31. The molecule has 6 saturated heterocycles. The maximum absolute atomic E-state index is 17.2. The molecule has 18 heteroatoms. The van der Waals surface area contributed by atoms with Crippen molar-refractivity contribution in [2.45, 2.75) is 120 Å². The fraction of sp³-hybridized carbons (Fsp3) is 0.500. The largest absolute Gasteiger partial charge is 0.461 e. The molecule has 6 aliphatic heterocycles. The van der Waals surface area contributed by atoms with Gasteiger partial charge in [0.05, 0.1) is 27.5 Å². The first kappa shape index (κ1) is 48.7. The zero-order valence-electron chi connectivity index (χ0n) is 42.8. The Labute approximate surface area is 438 Å². The number of terminal acetylenes is 1. The lowest BCUT2D eigenvalue weighted by molar-refractivity contribution is -0.135. The van der Waals surface area contributed by atoms with E-state index in [-0.39, 0.29) is 63.9 Å². The summed E-state index contributed by atoms with van der Waals surface area (Å²) >= 11 is 0. The summed E-state index contributed by atoms with van der Waals surface area (Å²) in [4.78, 5) is 72.2. The van der Waals surface area contributed by atoms with E-state index in [2.05, 4.69) is 37.4 Å². The van der Waals surface area contributed by atoms with Crippen molar-refractivity contribution in [1.29, 1.82) is 0 Å². The topological polar surface area (TPSA) is 169 Å². The van der Waals surface area contributed by atoms with Crippen molar-refractivity contribution in [2.75, 3.05) is 50.8 Å². The summed E-state index contributed by atoms with van der Waals surface area (Å²) in [6.07, 6.45) is 19.5. The Morgan fingerprint density at radius 2 is 1.75 bits per heavy atom. The van der Waals surface area contributed by atoms with Crippen LogP contribution < -0.4 is 26.0 Å². The molecule has 6 aromatic rings. The number of imide groups is 1. The van der Waals surface area contributed by atoms with Crippen LogP contribution in [-0.2, 0) is 27.8 Å². The highest BCUT2D eigenvalue weighted by molar-refractivity contribution is 6.02. The number of hydrogen-bond acceptors (Lipinski definition) is 12. The number of carbonyl (C=O) groups excluding carboxylic acids is 3. The van der Waals surface area contributed by atoms with Gasteiger partial charge in [0, 0.05) is 74.9 Å². The van der Waals surface area contributed by atoms with Gasteiger partial charge >= 0.3 is 17.8 Å². The van der Waals surface area contributed by atoms with Crippen LogP contribution in [0.15, 0.2) is 59.5 Å². The number of likely N-dealkylation sites (tertiary alicyclic amines) is 1. The fourth-order valence-electron chi connectivity index (χ4n) is 14.5. The number of rotatable bonds is 11. The van der Waals surface area contributed by atoms with Crippen molar-refractivity contribution in [3.63, 3.8) is 0 Å². The van der Waals surface area contributed by atoms with Gasteiger partial charge < -0.3 is 24.6 Å². The Bertz CT molecular complexity index is 3450. The van der Waals surface area contributed by atoms with Gasteiger partial charge in [-0.1, -0.05) is 36.3 Å². The number of anilines is 1. The molecule has 394 valence electrons. The SMILES string of the molecule is C#Cc1c(F)ccc2cccc(-c3ncc4c(N5CC6CCC(C5)N6)nc(OC[C@@]56CCCN5[C@H](COC(=O)N5CCC7(CC5)CC(CCc5ccc8c(c5)n(C)c(=O)n8C5CCC(=O)NC5=O)C7)CC6)nc4c3F)c12. The summed E-state index contributed by atoms with van der Waals surface area (Å²) in [5.41, 5.74) is 2.83. The van der Waals surface area contributed by atoms with Crippen molar-refractivity contribution in [3.8, 4) is 29.6 Å². The maximum atomic E-state index is 17.2. The lowest BCUT2D eigenvalue weighted by atomic mass is 9.56. The molecule has 3 amide bonds. The monoisotopic (exact) mass is 1030 g/mol. The molecule has 2 N–H and O–H groups in total. The lowest BCUT2D eigenvalue weighted by Crippen LogP contribution is -2.51. The minimum atomic E-state index is -0.703. The number of aromatic nitrogens is 5. The van der Waals surface area contributed by atoms with E-state index in [1.165, 1.54) is 10.6 Å². The Kier molecular flexibility index (Phi) is 12.1. The second-order valence-corrected chi connectivity index (χ2v) is 22.9. The van der Waals surface area contributed by atoms with Crippen molar-refractivity contribution >= 4 is 56.4 Å². The van der Waals surface area contributed by atoms with E-state index in [4.69, 9.17) is 25.9 Å². The number of aryl methyl sites for hydroxylation is 2. The van der Waals surface area contributed by atoms with Crippen molar-refractivity contribution in [1.82, 2.24) is 44.5 Å². The van der Waals surface area contributed by atoms with Gasteiger partial charge in [-0.25, -0.2) is 18.4 Å². The summed E-state index contributed by atoms with van der Waals surface area (Å²) in [5, 5.41) is 7.61. The average molecular weight is 1030 g/mol. The molecule has 7 aliphatic rings. The van der Waals surface area contributed by atoms with Gasteiger partial charge in [0.1, 0.15) is 42.1 Å². The number of nitrogens with one attached hydrogen (secondary N) is 2. The number of ether oxygens (including phenoxy) is 2. The van der Waals surface area contributed by atoms with Crippen LogP contribution in [0.3, 0.4) is 0 Å². The molecule has 5 atom stereocenters. The van der Waals surface area contributed by atoms with Crippen molar-refractivity contribution < 1.29 is 32.6 Å². The van der Waals surface area contributed by atoms with Crippen LogP contribution in [0.5, 0.6) is 6.01 Å². The van der Waals surface area contributed by atoms with E-state index in [9.17, 15) is 19.2 Å². The number of amides is 3. The van der Waals surface area contributed by atoms with Gasteiger partial charge in [0.2, 0.25) is 11.8 Å². The number of pyridine rings is 1. The molecule has 13 rings (SSSR count). The van der Waals surface area contributed by atoms with Gasteiger partial charge in [0.25, 0.3) is 0 Å². The summed E-state index contributed by atoms with van der Waals surface area (Å²) < 4.78 is 48.1. The second-order valence-electron chi connectivity index (χ2n) is 22.9. The second kappa shape index (κ2) is 18.9. The smallest absolute Gasteiger partial charge is 0.409 e. The normalized spacial score (nSPS) is 25.3. The average Bonchev–Trinajstić information content (AvgIpc) is 4.25. The van der Waals surface area contributed by atoms with Crippen LogP contribution in [0.2, 0.25) is 0 Å². The predicted molar refractivity (Wildman–Crippen MR) is 282 cm³/mol. The van der Waals surface area contributed by atoms with E-state index in [1.807, 2.05) is 23.1 Å². The van der Waals surface area contributed by atoms with Crippen LogP contribution in [0.1, 0.15) is 101 Å². The summed E-state index contributed by atoms with van der Waals surface area (Å²) in [6, 6.07) is 14.3. The van der Waals surface area contributed by atoms with Gasteiger partial charge in [-0.2, -0.15) is 9.97 Å². The number of nitrogens with zero attached hydrogens (tertiary/aromatic N) is 8. The quantitative estimate of drug-likeness (QED) is 0.0982. The number of piperazine rings is 1. The van der Waals surface area contributed by atoms with E-state index < -0.39 is 23.6 Å². The lowest BCUT2D eigenvalue weighted by Gasteiger charge is -2.52. The summed E-state index contributed by atoms with van der Waals surface area (Å²) in [5.74, 6) is 1.67. The number of piperidine rings is 2. The van der Waals surface area contributed by atoms with E-state index in [1.54, 1.807) is 36.0 Å². The molecule has 7 fully saturated rings. The molecule has 9 heterocycles. The molecule has 3 unspecified atom stereocenters. The third kappa shape index (κ3) is 8.35. The number of fused-ring (bicyclic) bond motifs is 6. The Hall–Kier alpha value is -6.97. The maximum Gasteiger partial charge on any atom is 0.409 e. The zero-order chi connectivity index (χ0) is 52.0. The van der Waals surface area contributed by atoms with Gasteiger partial charge in [-0.3, -0.25) is 33.9 Å². The van der Waals surface area contributed by atoms with Crippen molar-refractivity contribution in [2.24, 2.45) is 18.4 Å². The highest BCUT2D eigenvalue weighted by Crippen LogP contribution is 2.54. The van der Waals surface area contributed by atoms with Crippen LogP contribution in [-0.4, -0.2) is 121 Å². The summed E-state index contributed by atoms with van der Waals surface area (Å²) in [7, 11) is 1.73. The van der Waals surface area contributed by atoms with Crippen LogP contribution >= 0.6 is 0 Å². The van der Waals surface area contributed by atoms with Gasteiger partial charge in [-0.05, 0) is 130 Å². The van der Waals surface area contributed by atoms with E-state index in [0.29, 0.717) is 96.9 Å². The summed E-state index contributed by atoms with van der Waals surface area (Å²) in [6.45, 7) is 4.23. The third-order valence-electron chi connectivity index (χ3n) is 18.5.